The zero-order valence-electron chi connectivity index (χ0n) is 8.47. The lowest BCUT2D eigenvalue weighted by Gasteiger charge is -1.94. The van der Waals surface area contributed by atoms with Crippen LogP contribution in [0, 0.1) is 0 Å². The number of aromatic amines is 1. The molecule has 1 amide bonds. The standard InChI is InChI=1S/C11H10N4O/c1-2-11(16)13-10-7-9(14-15-10)8-3-5-12-6-4-8/h2-7H,1H2,(H2,13,14,15,16). The van der Waals surface area contributed by atoms with Crippen LogP contribution in [0.25, 0.3) is 11.3 Å². The molecule has 16 heavy (non-hydrogen) atoms. The van der Waals surface area contributed by atoms with Gasteiger partial charge in [0.05, 0.1) is 5.69 Å². The molecule has 0 spiro atoms. The normalized spacial score (nSPS) is 9.75. The molecule has 0 aromatic carbocycles. The highest BCUT2D eigenvalue weighted by Gasteiger charge is 2.04. The third-order valence-electron chi connectivity index (χ3n) is 2.01. The Morgan fingerprint density at radius 3 is 2.88 bits per heavy atom. The molecular formula is C11H10N4O. The third-order valence-corrected chi connectivity index (χ3v) is 2.01. The molecule has 5 nitrogen and oxygen atoms in total. The predicted molar refractivity (Wildman–Crippen MR) is 60.6 cm³/mol. The Morgan fingerprint density at radius 1 is 1.44 bits per heavy atom. The van der Waals surface area contributed by atoms with Gasteiger partial charge in [0.15, 0.2) is 5.82 Å². The van der Waals surface area contributed by atoms with Gasteiger partial charge in [-0.25, -0.2) is 0 Å². The van der Waals surface area contributed by atoms with Crippen molar-refractivity contribution in [3.8, 4) is 11.3 Å². The molecular weight excluding hydrogens is 204 g/mol. The largest absolute Gasteiger partial charge is 0.306 e. The summed E-state index contributed by atoms with van der Waals surface area (Å²) in [5.74, 6) is 0.185. The molecule has 0 radical (unpaired) electrons. The summed E-state index contributed by atoms with van der Waals surface area (Å²) in [7, 11) is 0. The summed E-state index contributed by atoms with van der Waals surface area (Å²) in [4.78, 5) is 15.0. The van der Waals surface area contributed by atoms with E-state index in [-0.39, 0.29) is 5.91 Å². The molecule has 0 aliphatic rings. The van der Waals surface area contributed by atoms with Crippen molar-refractivity contribution in [2.75, 3.05) is 5.32 Å². The first-order chi connectivity index (χ1) is 7.79. The van der Waals surface area contributed by atoms with Crippen molar-refractivity contribution >= 4 is 11.7 Å². The minimum Gasteiger partial charge on any atom is -0.306 e. The Morgan fingerprint density at radius 2 is 2.19 bits per heavy atom. The van der Waals surface area contributed by atoms with Crippen LogP contribution < -0.4 is 5.32 Å². The molecule has 0 unspecified atom stereocenters. The van der Waals surface area contributed by atoms with Crippen molar-refractivity contribution in [3.63, 3.8) is 0 Å². The smallest absolute Gasteiger partial charge is 0.248 e. The average Bonchev–Trinajstić information content (AvgIpc) is 2.78. The highest BCUT2D eigenvalue weighted by Crippen LogP contribution is 2.18. The first kappa shape index (κ1) is 10.1. The molecule has 2 heterocycles. The number of carbonyl (C=O) groups excluding carboxylic acids is 1. The monoisotopic (exact) mass is 214 g/mol. The summed E-state index contributed by atoms with van der Waals surface area (Å²) in [5, 5.41) is 9.35. The van der Waals surface area contributed by atoms with E-state index in [1.54, 1.807) is 18.5 Å². The summed E-state index contributed by atoms with van der Waals surface area (Å²) in [6, 6.07) is 5.45. The molecule has 80 valence electrons. The first-order valence-corrected chi connectivity index (χ1v) is 4.69. The summed E-state index contributed by atoms with van der Waals surface area (Å²) in [6.07, 6.45) is 4.58. The van der Waals surface area contributed by atoms with Gasteiger partial charge in [-0.3, -0.25) is 14.9 Å². The van der Waals surface area contributed by atoms with Crippen molar-refractivity contribution in [1.29, 1.82) is 0 Å². The van der Waals surface area contributed by atoms with E-state index >= 15 is 0 Å². The second kappa shape index (κ2) is 4.39. The zero-order chi connectivity index (χ0) is 11.4. The van der Waals surface area contributed by atoms with Crippen LogP contribution in [0.4, 0.5) is 5.82 Å². The van der Waals surface area contributed by atoms with E-state index in [9.17, 15) is 4.79 Å². The first-order valence-electron chi connectivity index (χ1n) is 4.69. The second-order valence-corrected chi connectivity index (χ2v) is 3.10. The van der Waals surface area contributed by atoms with Crippen LogP contribution >= 0.6 is 0 Å². The lowest BCUT2D eigenvalue weighted by molar-refractivity contribution is -0.111. The molecule has 2 N–H and O–H groups in total. The highest BCUT2D eigenvalue weighted by molar-refractivity contribution is 5.98. The zero-order valence-corrected chi connectivity index (χ0v) is 8.47. The average molecular weight is 214 g/mol. The fourth-order valence-corrected chi connectivity index (χ4v) is 1.24. The van der Waals surface area contributed by atoms with Crippen LogP contribution in [0.3, 0.4) is 0 Å². The molecule has 2 rings (SSSR count). The quantitative estimate of drug-likeness (QED) is 0.762. The number of H-pyrrole nitrogens is 1. The van der Waals surface area contributed by atoms with Crippen LogP contribution in [0.2, 0.25) is 0 Å². The summed E-state index contributed by atoms with van der Waals surface area (Å²) >= 11 is 0. The van der Waals surface area contributed by atoms with Crippen molar-refractivity contribution < 1.29 is 4.79 Å². The minimum absolute atomic E-state index is 0.284. The Labute approximate surface area is 92.2 Å². The maximum Gasteiger partial charge on any atom is 0.248 e. The van der Waals surface area contributed by atoms with Crippen molar-refractivity contribution in [3.05, 3.63) is 43.2 Å². The topological polar surface area (TPSA) is 70.7 Å². The number of rotatable bonds is 3. The number of nitrogens with zero attached hydrogens (tertiary/aromatic N) is 2. The number of hydrogen-bond donors (Lipinski definition) is 2. The predicted octanol–water partition coefficient (Wildman–Crippen LogP) is 1.60. The molecule has 0 atom stereocenters. The van der Waals surface area contributed by atoms with Crippen LogP contribution in [-0.2, 0) is 4.79 Å². The van der Waals surface area contributed by atoms with Gasteiger partial charge in [0.25, 0.3) is 0 Å². The van der Waals surface area contributed by atoms with Gasteiger partial charge in [0.1, 0.15) is 0 Å². The van der Waals surface area contributed by atoms with Crippen molar-refractivity contribution in [2.45, 2.75) is 0 Å². The fourth-order valence-electron chi connectivity index (χ4n) is 1.24. The van der Waals surface area contributed by atoms with Crippen molar-refractivity contribution in [2.24, 2.45) is 0 Å². The van der Waals surface area contributed by atoms with Gasteiger partial charge in [0.2, 0.25) is 5.91 Å². The van der Waals surface area contributed by atoms with E-state index in [2.05, 4.69) is 27.1 Å². The third kappa shape index (κ3) is 2.14. The molecule has 0 saturated heterocycles. The van der Waals surface area contributed by atoms with E-state index in [0.29, 0.717) is 5.82 Å². The number of anilines is 1. The molecule has 0 aliphatic carbocycles. The SMILES string of the molecule is C=CC(=O)Nc1cc(-c2ccncc2)[nH]n1. The van der Waals surface area contributed by atoms with Gasteiger partial charge >= 0.3 is 0 Å². The van der Waals surface area contributed by atoms with Gasteiger partial charge < -0.3 is 5.32 Å². The van der Waals surface area contributed by atoms with Gasteiger partial charge in [-0.2, -0.15) is 5.10 Å². The lowest BCUT2D eigenvalue weighted by atomic mass is 10.2. The molecule has 0 saturated carbocycles. The maximum absolute atomic E-state index is 11.0. The summed E-state index contributed by atoms with van der Waals surface area (Å²) in [5.41, 5.74) is 1.78. The molecule has 0 aliphatic heterocycles. The highest BCUT2D eigenvalue weighted by atomic mass is 16.1. The second-order valence-electron chi connectivity index (χ2n) is 3.10. The van der Waals surface area contributed by atoms with E-state index < -0.39 is 0 Å². The fraction of sp³-hybridized carbons (Fsp3) is 0. The van der Waals surface area contributed by atoms with Gasteiger partial charge in [-0.05, 0) is 18.2 Å². The summed E-state index contributed by atoms with van der Waals surface area (Å²) < 4.78 is 0. The number of amides is 1. The van der Waals surface area contributed by atoms with E-state index in [1.165, 1.54) is 6.08 Å². The minimum atomic E-state index is -0.284. The van der Waals surface area contributed by atoms with Crippen LogP contribution in [0.5, 0.6) is 0 Å². The van der Waals surface area contributed by atoms with Crippen LogP contribution in [0.15, 0.2) is 43.2 Å². The Bertz CT molecular complexity index is 504. The Balaban J connectivity index is 2.20. The van der Waals surface area contributed by atoms with Gasteiger partial charge in [-0.1, -0.05) is 6.58 Å². The molecule has 0 fully saturated rings. The number of hydrogen-bond acceptors (Lipinski definition) is 3. The summed E-state index contributed by atoms with van der Waals surface area (Å²) in [6.45, 7) is 3.36. The number of aromatic nitrogens is 3. The molecule has 0 bridgehead atoms. The van der Waals surface area contributed by atoms with Crippen LogP contribution in [0.1, 0.15) is 0 Å². The maximum atomic E-state index is 11.0. The van der Waals surface area contributed by atoms with E-state index in [0.717, 1.165) is 11.3 Å². The lowest BCUT2D eigenvalue weighted by Crippen LogP contribution is -2.07. The van der Waals surface area contributed by atoms with Gasteiger partial charge in [0, 0.05) is 24.0 Å². The Kier molecular flexibility index (Phi) is 2.77. The molecule has 5 heteroatoms. The van der Waals surface area contributed by atoms with Crippen LogP contribution in [-0.4, -0.2) is 21.1 Å². The number of nitrogens with one attached hydrogen (secondary N) is 2. The van der Waals surface area contributed by atoms with Crippen molar-refractivity contribution in [1.82, 2.24) is 15.2 Å². The Hall–Kier alpha value is -2.43. The van der Waals surface area contributed by atoms with Gasteiger partial charge in [-0.15, -0.1) is 0 Å². The number of carbonyl (C=O) groups is 1. The molecule has 2 aromatic heterocycles. The number of pyridine rings is 1. The molecule has 2 aromatic rings. The van der Waals surface area contributed by atoms with E-state index in [4.69, 9.17) is 0 Å². The van der Waals surface area contributed by atoms with E-state index in [1.807, 2.05) is 12.1 Å².